The zero-order valence-corrected chi connectivity index (χ0v) is 14.1. The van der Waals surface area contributed by atoms with Crippen molar-refractivity contribution in [2.75, 3.05) is 6.54 Å². The van der Waals surface area contributed by atoms with Gasteiger partial charge in [0.15, 0.2) is 0 Å². The van der Waals surface area contributed by atoms with Crippen LogP contribution < -0.4 is 16.4 Å². The first-order valence-corrected chi connectivity index (χ1v) is 8.62. The van der Waals surface area contributed by atoms with Gasteiger partial charge in [0.2, 0.25) is 0 Å². The fraction of sp³-hybridized carbons (Fsp3) is 0.300. The summed E-state index contributed by atoms with van der Waals surface area (Å²) in [5.74, 6) is 0.311. The van der Waals surface area contributed by atoms with Gasteiger partial charge in [-0.15, -0.1) is 0 Å². The lowest BCUT2D eigenvalue weighted by molar-refractivity contribution is 0.0950. The number of fused-ring (bicyclic) bond motifs is 1. The van der Waals surface area contributed by atoms with Gasteiger partial charge in [0.1, 0.15) is 0 Å². The molecular weight excluding hydrogens is 314 g/mol. The molecule has 0 spiro atoms. The molecule has 0 heterocycles. The maximum Gasteiger partial charge on any atom is 0.312 e. The topological polar surface area (TPSA) is 84.2 Å². The predicted molar refractivity (Wildman–Crippen MR) is 97.3 cm³/mol. The Morgan fingerprint density at radius 1 is 1.04 bits per heavy atom. The molecule has 25 heavy (non-hydrogen) atoms. The van der Waals surface area contributed by atoms with E-state index in [1.807, 2.05) is 12.1 Å². The van der Waals surface area contributed by atoms with E-state index in [1.54, 1.807) is 12.1 Å². The maximum absolute atomic E-state index is 12.4. The molecule has 5 nitrogen and oxygen atoms in total. The second-order valence-electron chi connectivity index (χ2n) is 6.41. The largest absolute Gasteiger partial charge is 0.352 e. The number of carbonyl (C=O) groups excluding carboxylic acids is 2. The molecule has 0 bridgehead atoms. The molecule has 1 unspecified atom stereocenters. The molecule has 0 aliphatic heterocycles. The highest BCUT2D eigenvalue weighted by Gasteiger charge is 2.20. The maximum atomic E-state index is 12.4. The Labute approximate surface area is 147 Å². The number of hydrogen-bond acceptors (Lipinski definition) is 2. The van der Waals surface area contributed by atoms with Crippen LogP contribution in [-0.4, -0.2) is 18.5 Å². The highest BCUT2D eigenvalue weighted by Crippen LogP contribution is 2.30. The van der Waals surface area contributed by atoms with Gasteiger partial charge in [0, 0.05) is 24.6 Å². The predicted octanol–water partition coefficient (Wildman–Crippen LogP) is 2.70. The van der Waals surface area contributed by atoms with Crippen LogP contribution in [0.2, 0.25) is 0 Å². The summed E-state index contributed by atoms with van der Waals surface area (Å²) in [6.45, 7) is 1.01. The van der Waals surface area contributed by atoms with Crippen molar-refractivity contribution in [3.8, 4) is 0 Å². The van der Waals surface area contributed by atoms with E-state index in [2.05, 4.69) is 34.9 Å². The van der Waals surface area contributed by atoms with Crippen LogP contribution in [0, 0.1) is 0 Å². The van der Waals surface area contributed by atoms with Crippen LogP contribution in [0.4, 0.5) is 4.79 Å². The molecule has 0 aromatic heterocycles. The summed E-state index contributed by atoms with van der Waals surface area (Å²) in [7, 11) is 0. The number of urea groups is 1. The number of nitrogens with two attached hydrogens (primary N) is 1. The molecule has 130 valence electrons. The number of carbonyl (C=O) groups is 2. The van der Waals surface area contributed by atoms with E-state index in [4.69, 9.17) is 5.73 Å². The van der Waals surface area contributed by atoms with Gasteiger partial charge < -0.3 is 16.4 Å². The lowest BCUT2D eigenvalue weighted by Crippen LogP contribution is -2.30. The Kier molecular flexibility index (Phi) is 5.33. The van der Waals surface area contributed by atoms with Gasteiger partial charge in [0.05, 0.1) is 0 Å². The highest BCUT2D eigenvalue weighted by atomic mass is 16.2. The fourth-order valence-corrected chi connectivity index (χ4v) is 3.35. The molecule has 2 aromatic carbocycles. The van der Waals surface area contributed by atoms with Crippen LogP contribution in [0.15, 0.2) is 48.5 Å². The van der Waals surface area contributed by atoms with E-state index in [9.17, 15) is 9.59 Å². The third-order valence-electron chi connectivity index (χ3n) is 4.69. The van der Waals surface area contributed by atoms with Gasteiger partial charge in [-0.1, -0.05) is 36.4 Å². The summed E-state index contributed by atoms with van der Waals surface area (Å²) < 4.78 is 0. The van der Waals surface area contributed by atoms with Gasteiger partial charge in [-0.25, -0.2) is 4.79 Å². The number of benzene rings is 2. The van der Waals surface area contributed by atoms with Crippen molar-refractivity contribution in [2.24, 2.45) is 5.73 Å². The minimum absolute atomic E-state index is 0.0718. The van der Waals surface area contributed by atoms with Crippen molar-refractivity contribution in [1.29, 1.82) is 0 Å². The normalized spacial score (nSPS) is 15.9. The number of primary amides is 1. The molecule has 1 aliphatic rings. The molecule has 1 atom stereocenters. The van der Waals surface area contributed by atoms with E-state index in [0.717, 1.165) is 18.4 Å². The summed E-state index contributed by atoms with van der Waals surface area (Å²) in [4.78, 5) is 23.1. The van der Waals surface area contributed by atoms with Crippen LogP contribution in [0.3, 0.4) is 0 Å². The summed E-state index contributed by atoms with van der Waals surface area (Å²) in [6, 6.07) is 15.1. The van der Waals surface area contributed by atoms with Gasteiger partial charge in [0.25, 0.3) is 5.91 Å². The third kappa shape index (κ3) is 4.38. The molecule has 0 saturated heterocycles. The van der Waals surface area contributed by atoms with Gasteiger partial charge in [-0.2, -0.15) is 0 Å². The number of aryl methyl sites for hydroxylation is 1. The monoisotopic (exact) mass is 337 g/mol. The van der Waals surface area contributed by atoms with Crippen LogP contribution >= 0.6 is 0 Å². The van der Waals surface area contributed by atoms with Crippen LogP contribution in [-0.2, 0) is 13.0 Å². The Hall–Kier alpha value is -2.82. The summed E-state index contributed by atoms with van der Waals surface area (Å²) >= 11 is 0. The first-order valence-electron chi connectivity index (χ1n) is 8.62. The van der Waals surface area contributed by atoms with E-state index in [-0.39, 0.29) is 5.91 Å². The van der Waals surface area contributed by atoms with E-state index >= 15 is 0 Å². The van der Waals surface area contributed by atoms with Crippen LogP contribution in [0.25, 0.3) is 0 Å². The van der Waals surface area contributed by atoms with Crippen molar-refractivity contribution in [3.05, 3.63) is 70.8 Å². The average Bonchev–Trinajstić information content (AvgIpc) is 2.64. The Balaban J connectivity index is 1.57. The fourth-order valence-electron chi connectivity index (χ4n) is 3.35. The van der Waals surface area contributed by atoms with E-state index in [1.165, 1.54) is 17.5 Å². The second kappa shape index (κ2) is 7.83. The second-order valence-corrected chi connectivity index (χ2v) is 6.41. The molecule has 1 aliphatic carbocycles. The van der Waals surface area contributed by atoms with E-state index in [0.29, 0.717) is 24.6 Å². The zero-order chi connectivity index (χ0) is 17.6. The van der Waals surface area contributed by atoms with Crippen molar-refractivity contribution >= 4 is 11.9 Å². The number of hydrogen-bond donors (Lipinski definition) is 3. The first-order chi connectivity index (χ1) is 12.1. The molecule has 3 amide bonds. The molecule has 4 N–H and O–H groups in total. The average molecular weight is 337 g/mol. The molecular formula is C20H23N3O2. The molecule has 0 radical (unpaired) electrons. The van der Waals surface area contributed by atoms with Crippen molar-refractivity contribution in [3.63, 3.8) is 0 Å². The Morgan fingerprint density at radius 2 is 1.80 bits per heavy atom. The molecule has 0 fully saturated rings. The quantitative estimate of drug-likeness (QED) is 0.784. The number of amides is 3. The standard InChI is InChI=1S/C20H23N3O2/c21-20(25)23-12-14-8-10-16(11-9-14)19(24)22-13-17-6-3-5-15-4-1-2-7-18(15)17/h1-2,4,7-11,17H,3,5-6,12-13H2,(H,22,24)(H3,21,23,25). The number of rotatable bonds is 5. The molecule has 2 aromatic rings. The van der Waals surface area contributed by atoms with Gasteiger partial charge in [-0.05, 0) is 48.1 Å². The van der Waals surface area contributed by atoms with Gasteiger partial charge >= 0.3 is 6.03 Å². The summed E-state index contributed by atoms with van der Waals surface area (Å²) in [5, 5.41) is 5.58. The molecule has 5 heteroatoms. The minimum Gasteiger partial charge on any atom is -0.352 e. The van der Waals surface area contributed by atoms with Gasteiger partial charge in [-0.3, -0.25) is 4.79 Å². The SMILES string of the molecule is NC(=O)NCc1ccc(C(=O)NCC2CCCc3ccccc32)cc1. The third-order valence-corrected chi connectivity index (χ3v) is 4.69. The Bertz CT molecular complexity index is 756. The van der Waals surface area contributed by atoms with E-state index < -0.39 is 6.03 Å². The zero-order valence-electron chi connectivity index (χ0n) is 14.1. The summed E-state index contributed by atoms with van der Waals surface area (Å²) in [5.41, 5.74) is 9.33. The Morgan fingerprint density at radius 3 is 2.56 bits per heavy atom. The molecule has 3 rings (SSSR count). The smallest absolute Gasteiger partial charge is 0.312 e. The van der Waals surface area contributed by atoms with Crippen LogP contribution in [0.1, 0.15) is 45.8 Å². The lowest BCUT2D eigenvalue weighted by Gasteiger charge is -2.25. The summed E-state index contributed by atoms with van der Waals surface area (Å²) in [6.07, 6.45) is 3.40. The van der Waals surface area contributed by atoms with Crippen LogP contribution in [0.5, 0.6) is 0 Å². The highest BCUT2D eigenvalue weighted by molar-refractivity contribution is 5.94. The van der Waals surface area contributed by atoms with Crippen molar-refractivity contribution < 1.29 is 9.59 Å². The first kappa shape index (κ1) is 17.0. The number of nitrogens with one attached hydrogen (secondary N) is 2. The van der Waals surface area contributed by atoms with Crippen molar-refractivity contribution in [1.82, 2.24) is 10.6 Å². The molecule has 0 saturated carbocycles. The van der Waals surface area contributed by atoms with Crippen molar-refractivity contribution in [2.45, 2.75) is 31.7 Å². The lowest BCUT2D eigenvalue weighted by atomic mass is 9.83. The minimum atomic E-state index is -0.561.